The van der Waals surface area contributed by atoms with E-state index in [9.17, 15) is 4.39 Å². The van der Waals surface area contributed by atoms with E-state index in [0.29, 0.717) is 13.2 Å². The van der Waals surface area contributed by atoms with E-state index in [1.54, 1.807) is 0 Å². The zero-order chi connectivity index (χ0) is 18.0. The van der Waals surface area contributed by atoms with Crippen LogP contribution in [0.2, 0.25) is 0 Å². The molecule has 0 atom stereocenters. The smallest absolute Gasteiger partial charge is 0.119 e. The second-order valence-corrected chi connectivity index (χ2v) is 6.27. The molecule has 3 rings (SSSR count). The first-order valence-electron chi connectivity index (χ1n) is 9.23. The molecule has 0 bridgehead atoms. The predicted octanol–water partition coefficient (Wildman–Crippen LogP) is 4.24. The molecule has 138 valence electrons. The Morgan fingerprint density at radius 2 is 1.54 bits per heavy atom. The van der Waals surface area contributed by atoms with Gasteiger partial charge in [-0.1, -0.05) is 48.0 Å². The highest BCUT2D eigenvalue weighted by molar-refractivity contribution is 5.82. The zero-order valence-corrected chi connectivity index (χ0v) is 15.0. The average molecular weight is 355 g/mol. The molecule has 1 aliphatic rings. The highest BCUT2D eigenvalue weighted by Crippen LogP contribution is 2.31. The Kier molecular flexibility index (Phi) is 7.23. The second kappa shape index (κ2) is 10.1. The molecule has 0 radical (unpaired) electrons. The van der Waals surface area contributed by atoms with Crippen molar-refractivity contribution in [3.8, 4) is 5.75 Å². The number of hydrogen-bond donors (Lipinski definition) is 1. The van der Waals surface area contributed by atoms with Crippen molar-refractivity contribution in [3.05, 3.63) is 71.3 Å². The zero-order valence-electron chi connectivity index (χ0n) is 15.0. The highest BCUT2D eigenvalue weighted by atomic mass is 19.1. The van der Waals surface area contributed by atoms with Crippen LogP contribution >= 0.6 is 0 Å². The van der Waals surface area contributed by atoms with Crippen LogP contribution in [-0.4, -0.2) is 39.6 Å². The van der Waals surface area contributed by atoms with Gasteiger partial charge in [-0.15, -0.1) is 0 Å². The summed E-state index contributed by atoms with van der Waals surface area (Å²) in [7, 11) is 0. The lowest BCUT2D eigenvalue weighted by Crippen LogP contribution is -2.23. The largest absolute Gasteiger partial charge is 0.491 e. The first-order chi connectivity index (χ1) is 12.9. The van der Waals surface area contributed by atoms with Crippen LogP contribution in [0.25, 0.3) is 5.57 Å². The van der Waals surface area contributed by atoms with Gasteiger partial charge in [0, 0.05) is 0 Å². The van der Waals surface area contributed by atoms with E-state index >= 15 is 0 Å². The lowest BCUT2D eigenvalue weighted by atomic mass is 9.89. The third kappa shape index (κ3) is 5.16. The second-order valence-electron chi connectivity index (χ2n) is 6.27. The van der Waals surface area contributed by atoms with Crippen LogP contribution < -0.4 is 10.1 Å². The van der Waals surface area contributed by atoms with Gasteiger partial charge >= 0.3 is 0 Å². The third-order valence-corrected chi connectivity index (χ3v) is 4.48. The summed E-state index contributed by atoms with van der Waals surface area (Å²) in [6.07, 6.45) is 2.16. The number of piperidine rings is 1. The Labute approximate surface area is 154 Å². The molecule has 26 heavy (non-hydrogen) atoms. The molecule has 1 aliphatic heterocycles. The van der Waals surface area contributed by atoms with Crippen molar-refractivity contribution in [1.82, 2.24) is 5.32 Å². The highest BCUT2D eigenvalue weighted by Gasteiger charge is 2.14. The molecule has 1 N–H and O–H groups in total. The fraction of sp³-hybridized carbons (Fsp3) is 0.364. The summed E-state index contributed by atoms with van der Waals surface area (Å²) in [6.45, 7) is 2.57. The molecular formula is C22H26FNO2. The minimum Gasteiger partial charge on any atom is -0.491 e. The van der Waals surface area contributed by atoms with E-state index in [4.69, 9.17) is 9.47 Å². The van der Waals surface area contributed by atoms with Crippen LogP contribution in [0, 0.1) is 0 Å². The van der Waals surface area contributed by atoms with E-state index in [2.05, 4.69) is 47.8 Å². The van der Waals surface area contributed by atoms with Crippen molar-refractivity contribution in [3.63, 3.8) is 0 Å². The molecule has 1 fully saturated rings. The minimum absolute atomic E-state index is 0.130. The van der Waals surface area contributed by atoms with E-state index < -0.39 is 6.67 Å². The Morgan fingerprint density at radius 3 is 2.23 bits per heavy atom. The van der Waals surface area contributed by atoms with Crippen LogP contribution in [0.15, 0.2) is 60.2 Å². The first kappa shape index (κ1) is 18.6. The van der Waals surface area contributed by atoms with Gasteiger partial charge in [0.1, 0.15) is 19.0 Å². The van der Waals surface area contributed by atoms with Crippen molar-refractivity contribution in [2.45, 2.75) is 12.8 Å². The number of hydrogen-bond acceptors (Lipinski definition) is 3. The van der Waals surface area contributed by atoms with Gasteiger partial charge in [-0.25, -0.2) is 4.39 Å². The van der Waals surface area contributed by atoms with Gasteiger partial charge < -0.3 is 14.8 Å². The van der Waals surface area contributed by atoms with Crippen molar-refractivity contribution in [2.75, 3.05) is 39.6 Å². The summed E-state index contributed by atoms with van der Waals surface area (Å²) in [4.78, 5) is 0. The lowest BCUT2D eigenvalue weighted by molar-refractivity contribution is 0.0897. The van der Waals surface area contributed by atoms with Gasteiger partial charge in [0.2, 0.25) is 0 Å². The first-order valence-corrected chi connectivity index (χ1v) is 9.23. The van der Waals surface area contributed by atoms with Gasteiger partial charge in [0.15, 0.2) is 0 Å². The maximum atomic E-state index is 12.0. The van der Waals surface area contributed by atoms with Crippen LogP contribution in [0.5, 0.6) is 5.75 Å². The number of ether oxygens (including phenoxy) is 2. The summed E-state index contributed by atoms with van der Waals surface area (Å²) in [5, 5.41) is 3.43. The van der Waals surface area contributed by atoms with E-state index in [1.807, 2.05) is 12.1 Å². The minimum atomic E-state index is -0.457. The third-order valence-electron chi connectivity index (χ3n) is 4.48. The SMILES string of the molecule is FCCOCCOc1ccc(C(=C2CCNCC2)c2ccccc2)cc1. The average Bonchev–Trinajstić information content (AvgIpc) is 2.71. The molecule has 0 aliphatic carbocycles. The van der Waals surface area contributed by atoms with E-state index in [0.717, 1.165) is 31.7 Å². The van der Waals surface area contributed by atoms with Gasteiger partial charge in [0.25, 0.3) is 0 Å². The van der Waals surface area contributed by atoms with Gasteiger partial charge in [-0.3, -0.25) is 0 Å². The molecule has 2 aromatic rings. The fourth-order valence-electron chi connectivity index (χ4n) is 3.25. The Bertz CT molecular complexity index is 690. The van der Waals surface area contributed by atoms with Crippen molar-refractivity contribution < 1.29 is 13.9 Å². The van der Waals surface area contributed by atoms with Gasteiger partial charge in [0.05, 0.1) is 13.2 Å². The van der Waals surface area contributed by atoms with E-state index in [-0.39, 0.29) is 6.61 Å². The molecule has 3 nitrogen and oxygen atoms in total. The maximum Gasteiger partial charge on any atom is 0.119 e. The van der Waals surface area contributed by atoms with Crippen molar-refractivity contribution in [2.24, 2.45) is 0 Å². The molecule has 1 heterocycles. The molecule has 0 saturated carbocycles. The Hall–Kier alpha value is -2.17. The molecular weight excluding hydrogens is 329 g/mol. The van der Waals surface area contributed by atoms with Crippen LogP contribution in [-0.2, 0) is 4.74 Å². The summed E-state index contributed by atoms with van der Waals surface area (Å²) < 4.78 is 22.7. The van der Waals surface area contributed by atoms with Gasteiger partial charge in [-0.05, 0) is 54.8 Å². The molecule has 0 unspecified atom stereocenters. The lowest BCUT2D eigenvalue weighted by Gasteiger charge is -2.21. The number of halogens is 1. The van der Waals surface area contributed by atoms with Crippen LogP contribution in [0.3, 0.4) is 0 Å². The van der Waals surface area contributed by atoms with Crippen molar-refractivity contribution in [1.29, 1.82) is 0 Å². The summed E-state index contributed by atoms with van der Waals surface area (Å²) >= 11 is 0. The molecule has 0 amide bonds. The summed E-state index contributed by atoms with van der Waals surface area (Å²) in [5.74, 6) is 0.806. The number of benzene rings is 2. The number of alkyl halides is 1. The van der Waals surface area contributed by atoms with Crippen molar-refractivity contribution >= 4 is 5.57 Å². The molecule has 0 spiro atoms. The number of nitrogens with one attached hydrogen (secondary N) is 1. The molecule has 0 aromatic heterocycles. The fourth-order valence-corrected chi connectivity index (χ4v) is 3.25. The Balaban J connectivity index is 1.75. The summed E-state index contributed by atoms with van der Waals surface area (Å²) in [6, 6.07) is 18.8. The standard InChI is InChI=1S/C22H26FNO2/c23-12-15-25-16-17-26-21-8-6-19(7-9-21)22(18-4-2-1-3-5-18)20-10-13-24-14-11-20/h1-9,24H,10-17H2. The quantitative estimate of drug-likeness (QED) is 0.719. The number of rotatable bonds is 8. The van der Waals surface area contributed by atoms with E-state index in [1.165, 1.54) is 22.3 Å². The molecule has 2 aromatic carbocycles. The Morgan fingerprint density at radius 1 is 0.846 bits per heavy atom. The maximum absolute atomic E-state index is 12.0. The summed E-state index contributed by atoms with van der Waals surface area (Å²) in [5.41, 5.74) is 5.32. The van der Waals surface area contributed by atoms with Crippen LogP contribution in [0.4, 0.5) is 4.39 Å². The van der Waals surface area contributed by atoms with Gasteiger partial charge in [-0.2, -0.15) is 0 Å². The normalized spacial score (nSPS) is 14.3. The monoisotopic (exact) mass is 355 g/mol. The molecule has 4 heteroatoms. The molecule has 1 saturated heterocycles. The predicted molar refractivity (Wildman–Crippen MR) is 103 cm³/mol. The topological polar surface area (TPSA) is 30.5 Å². The van der Waals surface area contributed by atoms with Crippen LogP contribution in [0.1, 0.15) is 24.0 Å².